The lowest BCUT2D eigenvalue weighted by atomic mass is 10.1. The fraction of sp³-hybridized carbons (Fsp3) is 0.167. The minimum absolute atomic E-state index is 0.0169. The van der Waals surface area contributed by atoms with Crippen LogP contribution < -0.4 is 10.5 Å². The van der Waals surface area contributed by atoms with Crippen molar-refractivity contribution in [3.8, 4) is 6.01 Å². The molecule has 2 rings (SSSR count). The van der Waals surface area contributed by atoms with Gasteiger partial charge in [0.1, 0.15) is 6.61 Å². The van der Waals surface area contributed by atoms with E-state index < -0.39 is 5.82 Å². The number of rotatable bonds is 4. The van der Waals surface area contributed by atoms with Gasteiger partial charge in [-0.1, -0.05) is 24.3 Å². The largest absolute Gasteiger partial charge is 0.459 e. The molecular formula is C12H12FN3O2. The number of benzene rings is 1. The molecule has 0 aliphatic carbocycles. The van der Waals surface area contributed by atoms with Gasteiger partial charge in [0.15, 0.2) is 11.6 Å². The van der Waals surface area contributed by atoms with Crippen molar-refractivity contribution in [2.75, 3.05) is 5.73 Å². The van der Waals surface area contributed by atoms with Gasteiger partial charge in [0.2, 0.25) is 0 Å². The predicted molar refractivity (Wildman–Crippen MR) is 63.1 cm³/mol. The summed E-state index contributed by atoms with van der Waals surface area (Å²) in [6, 6.07) is 7.27. The van der Waals surface area contributed by atoms with Crippen molar-refractivity contribution in [1.29, 1.82) is 0 Å². The molecule has 0 amide bonds. The SMILES string of the molecule is Nc1nc(OCc2cccc(CO)c2)ncc1F. The minimum Gasteiger partial charge on any atom is -0.459 e. The minimum atomic E-state index is -0.676. The smallest absolute Gasteiger partial charge is 0.318 e. The van der Waals surface area contributed by atoms with Gasteiger partial charge in [-0.3, -0.25) is 0 Å². The van der Waals surface area contributed by atoms with Crippen molar-refractivity contribution in [3.05, 3.63) is 47.4 Å². The third-order valence-corrected chi connectivity index (χ3v) is 2.29. The van der Waals surface area contributed by atoms with Crippen LogP contribution in [0.4, 0.5) is 10.2 Å². The van der Waals surface area contributed by atoms with Gasteiger partial charge in [-0.25, -0.2) is 9.37 Å². The second-order valence-electron chi connectivity index (χ2n) is 3.65. The number of ether oxygens (including phenoxy) is 1. The molecule has 94 valence electrons. The average molecular weight is 249 g/mol. The van der Waals surface area contributed by atoms with E-state index >= 15 is 0 Å². The summed E-state index contributed by atoms with van der Waals surface area (Å²) in [5.41, 5.74) is 6.94. The van der Waals surface area contributed by atoms with Crippen molar-refractivity contribution >= 4 is 5.82 Å². The van der Waals surface area contributed by atoms with E-state index in [1.165, 1.54) is 0 Å². The van der Waals surface area contributed by atoms with Crippen molar-refractivity contribution < 1.29 is 14.2 Å². The standard InChI is InChI=1S/C12H12FN3O2/c13-10-5-15-12(16-11(10)14)18-7-9-3-1-2-8(4-9)6-17/h1-5,17H,6-7H2,(H2,14,15,16). The molecule has 0 fully saturated rings. The van der Waals surface area contributed by atoms with E-state index in [9.17, 15) is 4.39 Å². The number of hydrogen-bond acceptors (Lipinski definition) is 5. The maximum absolute atomic E-state index is 12.8. The fourth-order valence-corrected chi connectivity index (χ4v) is 1.40. The average Bonchev–Trinajstić information content (AvgIpc) is 2.40. The zero-order valence-electron chi connectivity index (χ0n) is 9.51. The van der Waals surface area contributed by atoms with Gasteiger partial charge in [-0.2, -0.15) is 4.98 Å². The Balaban J connectivity index is 2.04. The van der Waals surface area contributed by atoms with E-state index in [1.807, 2.05) is 12.1 Å². The predicted octanol–water partition coefficient (Wildman–Crippen LogP) is 1.27. The molecule has 18 heavy (non-hydrogen) atoms. The summed E-state index contributed by atoms with van der Waals surface area (Å²) in [4.78, 5) is 7.31. The van der Waals surface area contributed by atoms with Gasteiger partial charge in [0.25, 0.3) is 0 Å². The van der Waals surface area contributed by atoms with Crippen molar-refractivity contribution in [2.24, 2.45) is 0 Å². The number of aliphatic hydroxyl groups excluding tert-OH is 1. The molecule has 0 aliphatic heterocycles. The number of aliphatic hydroxyl groups is 1. The molecule has 0 aliphatic rings. The maximum Gasteiger partial charge on any atom is 0.318 e. The van der Waals surface area contributed by atoms with Gasteiger partial charge in [0, 0.05) is 0 Å². The number of aromatic nitrogens is 2. The first-order valence-electron chi connectivity index (χ1n) is 5.28. The molecular weight excluding hydrogens is 237 g/mol. The molecule has 0 bridgehead atoms. The topological polar surface area (TPSA) is 81.3 Å². The lowest BCUT2D eigenvalue weighted by Gasteiger charge is -2.06. The number of nitrogens with two attached hydrogens (primary N) is 1. The molecule has 1 aromatic heterocycles. The molecule has 0 spiro atoms. The second-order valence-corrected chi connectivity index (χ2v) is 3.65. The van der Waals surface area contributed by atoms with Gasteiger partial charge >= 0.3 is 6.01 Å². The molecule has 1 heterocycles. The van der Waals surface area contributed by atoms with Crippen LogP contribution in [0.5, 0.6) is 6.01 Å². The zero-order chi connectivity index (χ0) is 13.0. The summed E-state index contributed by atoms with van der Waals surface area (Å²) in [7, 11) is 0. The van der Waals surface area contributed by atoms with Gasteiger partial charge < -0.3 is 15.6 Å². The molecule has 3 N–H and O–H groups in total. The highest BCUT2D eigenvalue weighted by Crippen LogP contribution is 2.12. The molecule has 0 unspecified atom stereocenters. The van der Waals surface area contributed by atoms with Crippen molar-refractivity contribution in [3.63, 3.8) is 0 Å². The number of anilines is 1. The monoisotopic (exact) mass is 249 g/mol. The Morgan fingerprint density at radius 3 is 2.83 bits per heavy atom. The highest BCUT2D eigenvalue weighted by atomic mass is 19.1. The first-order valence-corrected chi connectivity index (χ1v) is 5.28. The summed E-state index contributed by atoms with van der Waals surface area (Å²) >= 11 is 0. The summed E-state index contributed by atoms with van der Waals surface area (Å²) < 4.78 is 18.1. The first kappa shape index (κ1) is 12.3. The molecule has 0 atom stereocenters. The summed E-state index contributed by atoms with van der Waals surface area (Å²) in [5, 5.41) is 8.99. The van der Waals surface area contributed by atoms with E-state index in [0.29, 0.717) is 0 Å². The Morgan fingerprint density at radius 1 is 1.33 bits per heavy atom. The van der Waals surface area contributed by atoms with E-state index in [1.54, 1.807) is 12.1 Å². The third-order valence-electron chi connectivity index (χ3n) is 2.29. The Hall–Kier alpha value is -2.21. The van der Waals surface area contributed by atoms with E-state index in [0.717, 1.165) is 17.3 Å². The van der Waals surface area contributed by atoms with Crippen LogP contribution in [-0.4, -0.2) is 15.1 Å². The van der Waals surface area contributed by atoms with Crippen LogP contribution in [-0.2, 0) is 13.2 Å². The first-order chi connectivity index (χ1) is 8.69. The second kappa shape index (κ2) is 5.42. The molecule has 0 saturated heterocycles. The Labute approximate surface area is 103 Å². The lowest BCUT2D eigenvalue weighted by Crippen LogP contribution is -2.03. The van der Waals surface area contributed by atoms with Crippen LogP contribution >= 0.6 is 0 Å². The van der Waals surface area contributed by atoms with Crippen LogP contribution in [0.2, 0.25) is 0 Å². The molecule has 0 saturated carbocycles. The Morgan fingerprint density at radius 2 is 2.11 bits per heavy atom. The van der Waals surface area contributed by atoms with Crippen molar-refractivity contribution in [1.82, 2.24) is 9.97 Å². The van der Waals surface area contributed by atoms with Crippen molar-refractivity contribution in [2.45, 2.75) is 13.2 Å². The number of nitrogen functional groups attached to an aromatic ring is 1. The van der Waals surface area contributed by atoms with E-state index in [4.69, 9.17) is 15.6 Å². The van der Waals surface area contributed by atoms with Gasteiger partial charge in [-0.05, 0) is 11.1 Å². The number of hydrogen-bond donors (Lipinski definition) is 2. The molecule has 1 aromatic carbocycles. The van der Waals surface area contributed by atoms with E-state index in [-0.39, 0.29) is 25.0 Å². The molecule has 5 nitrogen and oxygen atoms in total. The molecule has 6 heteroatoms. The van der Waals surface area contributed by atoms with Gasteiger partial charge in [-0.15, -0.1) is 0 Å². The van der Waals surface area contributed by atoms with Crippen LogP contribution in [0, 0.1) is 5.82 Å². The third kappa shape index (κ3) is 2.92. The summed E-state index contributed by atoms with van der Waals surface area (Å²) in [6.45, 7) is 0.187. The Bertz CT molecular complexity index is 549. The molecule has 2 aromatic rings. The summed E-state index contributed by atoms with van der Waals surface area (Å²) in [6.07, 6.45) is 0.960. The van der Waals surface area contributed by atoms with Gasteiger partial charge in [0.05, 0.1) is 12.8 Å². The number of nitrogens with zero attached hydrogens (tertiary/aromatic N) is 2. The van der Waals surface area contributed by atoms with Crippen LogP contribution in [0.15, 0.2) is 30.5 Å². The highest BCUT2D eigenvalue weighted by molar-refractivity contribution is 5.29. The fourth-order valence-electron chi connectivity index (χ4n) is 1.40. The quantitative estimate of drug-likeness (QED) is 0.852. The zero-order valence-corrected chi connectivity index (χ0v) is 9.51. The van der Waals surface area contributed by atoms with Crippen LogP contribution in [0.25, 0.3) is 0 Å². The normalized spacial score (nSPS) is 10.3. The maximum atomic E-state index is 12.8. The lowest BCUT2D eigenvalue weighted by molar-refractivity contribution is 0.275. The van der Waals surface area contributed by atoms with Crippen LogP contribution in [0.1, 0.15) is 11.1 Å². The van der Waals surface area contributed by atoms with E-state index in [2.05, 4.69) is 9.97 Å². The summed E-state index contributed by atoms with van der Waals surface area (Å²) in [5.74, 6) is -0.922. The number of halogens is 1. The highest BCUT2D eigenvalue weighted by Gasteiger charge is 2.04. The Kier molecular flexibility index (Phi) is 3.69. The van der Waals surface area contributed by atoms with Crippen LogP contribution in [0.3, 0.4) is 0 Å². The molecule has 0 radical (unpaired) electrons.